The molecule has 1 atom stereocenters. The van der Waals surface area contributed by atoms with Gasteiger partial charge in [0.05, 0.1) is 5.56 Å². The van der Waals surface area contributed by atoms with Gasteiger partial charge in [-0.15, -0.1) is 12.4 Å². The van der Waals surface area contributed by atoms with Crippen molar-refractivity contribution in [3.05, 3.63) is 35.4 Å². The van der Waals surface area contributed by atoms with E-state index >= 15 is 0 Å². The summed E-state index contributed by atoms with van der Waals surface area (Å²) in [4.78, 5) is 0. The second-order valence-corrected chi connectivity index (χ2v) is 3.48. The molecule has 5 heteroatoms. The Morgan fingerprint density at radius 2 is 1.81 bits per heavy atom. The van der Waals surface area contributed by atoms with E-state index in [1.54, 1.807) is 6.07 Å². The number of nitrogens with two attached hydrogens (primary N) is 1. The number of rotatable bonds is 3. The van der Waals surface area contributed by atoms with Crippen LogP contribution in [0.1, 0.15) is 36.9 Å². The Hall–Kier alpha value is -0.740. The van der Waals surface area contributed by atoms with E-state index in [2.05, 4.69) is 0 Å². The van der Waals surface area contributed by atoms with Gasteiger partial charge < -0.3 is 5.73 Å². The predicted molar refractivity (Wildman–Crippen MR) is 60.5 cm³/mol. The molecular weight excluding hydrogens is 239 g/mol. The van der Waals surface area contributed by atoms with E-state index in [0.717, 1.165) is 12.5 Å². The lowest BCUT2D eigenvalue weighted by Gasteiger charge is -2.17. The van der Waals surface area contributed by atoms with Crippen molar-refractivity contribution in [3.63, 3.8) is 0 Å². The van der Waals surface area contributed by atoms with Crippen LogP contribution in [0.2, 0.25) is 0 Å². The van der Waals surface area contributed by atoms with Gasteiger partial charge in [0, 0.05) is 6.04 Å². The summed E-state index contributed by atoms with van der Waals surface area (Å²) in [7, 11) is 0. The minimum Gasteiger partial charge on any atom is -0.324 e. The van der Waals surface area contributed by atoms with Crippen molar-refractivity contribution < 1.29 is 13.2 Å². The average molecular weight is 254 g/mol. The lowest BCUT2D eigenvalue weighted by Crippen LogP contribution is -2.17. The zero-order valence-corrected chi connectivity index (χ0v) is 9.74. The SMILES string of the molecule is CCC[C@H](N)c1ccccc1C(F)(F)F.Cl. The van der Waals surface area contributed by atoms with Crippen molar-refractivity contribution in [3.8, 4) is 0 Å². The Morgan fingerprint density at radius 3 is 2.31 bits per heavy atom. The van der Waals surface area contributed by atoms with Crippen LogP contribution in [0.5, 0.6) is 0 Å². The molecule has 0 saturated carbocycles. The van der Waals surface area contributed by atoms with Crippen molar-refractivity contribution in [2.45, 2.75) is 32.0 Å². The zero-order chi connectivity index (χ0) is 11.5. The molecule has 92 valence electrons. The summed E-state index contributed by atoms with van der Waals surface area (Å²) in [6, 6.07) is 4.95. The fraction of sp³-hybridized carbons (Fsp3) is 0.455. The molecule has 0 spiro atoms. The zero-order valence-electron chi connectivity index (χ0n) is 8.92. The van der Waals surface area contributed by atoms with Gasteiger partial charge in [0.2, 0.25) is 0 Å². The first-order valence-electron chi connectivity index (χ1n) is 4.88. The molecule has 0 aromatic heterocycles. The highest BCUT2D eigenvalue weighted by molar-refractivity contribution is 5.85. The third kappa shape index (κ3) is 3.68. The van der Waals surface area contributed by atoms with Crippen molar-refractivity contribution in [2.24, 2.45) is 5.73 Å². The van der Waals surface area contributed by atoms with E-state index in [9.17, 15) is 13.2 Å². The molecule has 0 amide bonds. The van der Waals surface area contributed by atoms with Crippen LogP contribution >= 0.6 is 12.4 Å². The molecule has 0 unspecified atom stereocenters. The van der Waals surface area contributed by atoms with Gasteiger partial charge in [-0.3, -0.25) is 0 Å². The van der Waals surface area contributed by atoms with E-state index < -0.39 is 17.8 Å². The number of hydrogen-bond donors (Lipinski definition) is 1. The molecule has 0 aliphatic carbocycles. The molecule has 0 aliphatic rings. The van der Waals surface area contributed by atoms with E-state index in [1.807, 2.05) is 6.92 Å². The largest absolute Gasteiger partial charge is 0.416 e. The monoisotopic (exact) mass is 253 g/mol. The smallest absolute Gasteiger partial charge is 0.324 e. The summed E-state index contributed by atoms with van der Waals surface area (Å²) in [5.74, 6) is 0. The van der Waals surface area contributed by atoms with Gasteiger partial charge in [0.1, 0.15) is 0 Å². The highest BCUT2D eigenvalue weighted by Gasteiger charge is 2.33. The summed E-state index contributed by atoms with van der Waals surface area (Å²) >= 11 is 0. The Balaban J connectivity index is 0.00000225. The molecule has 0 bridgehead atoms. The van der Waals surface area contributed by atoms with Crippen LogP contribution in [0.15, 0.2) is 24.3 Å². The van der Waals surface area contributed by atoms with Crippen LogP contribution < -0.4 is 5.73 Å². The second kappa shape index (κ2) is 6.11. The van der Waals surface area contributed by atoms with Gasteiger partial charge in [-0.1, -0.05) is 31.5 Å². The van der Waals surface area contributed by atoms with Gasteiger partial charge in [-0.25, -0.2) is 0 Å². The topological polar surface area (TPSA) is 26.0 Å². The van der Waals surface area contributed by atoms with Gasteiger partial charge in [0.25, 0.3) is 0 Å². The summed E-state index contributed by atoms with van der Waals surface area (Å²) in [5, 5.41) is 0. The van der Waals surface area contributed by atoms with Crippen LogP contribution in [0, 0.1) is 0 Å². The molecule has 0 aliphatic heterocycles. The summed E-state index contributed by atoms with van der Waals surface area (Å²) in [6.45, 7) is 1.90. The number of hydrogen-bond acceptors (Lipinski definition) is 1. The minimum atomic E-state index is -4.32. The molecule has 0 radical (unpaired) electrons. The standard InChI is InChI=1S/C11H14F3N.ClH/c1-2-5-10(15)8-6-3-4-7-9(8)11(12,13)14;/h3-4,6-7,10H,2,5,15H2,1H3;1H/t10-;/m0./s1. The Bertz CT molecular complexity index is 325. The summed E-state index contributed by atoms with van der Waals surface area (Å²) < 4.78 is 37.8. The van der Waals surface area contributed by atoms with Crippen LogP contribution in [-0.2, 0) is 6.18 Å². The van der Waals surface area contributed by atoms with Crippen molar-refractivity contribution in [1.82, 2.24) is 0 Å². The average Bonchev–Trinajstić information content (AvgIpc) is 2.17. The number of halogens is 4. The van der Waals surface area contributed by atoms with Crippen LogP contribution in [0.4, 0.5) is 13.2 Å². The highest BCUT2D eigenvalue weighted by atomic mass is 35.5. The Labute approximate surface area is 99.2 Å². The Kier molecular flexibility index (Phi) is 5.83. The highest BCUT2D eigenvalue weighted by Crippen LogP contribution is 2.34. The first kappa shape index (κ1) is 15.3. The molecule has 0 fully saturated rings. The molecule has 16 heavy (non-hydrogen) atoms. The van der Waals surface area contributed by atoms with Gasteiger partial charge >= 0.3 is 6.18 Å². The first-order chi connectivity index (χ1) is 6.96. The number of benzene rings is 1. The van der Waals surface area contributed by atoms with Crippen molar-refractivity contribution in [1.29, 1.82) is 0 Å². The van der Waals surface area contributed by atoms with Crippen LogP contribution in [0.3, 0.4) is 0 Å². The van der Waals surface area contributed by atoms with E-state index in [4.69, 9.17) is 5.73 Å². The first-order valence-corrected chi connectivity index (χ1v) is 4.88. The van der Waals surface area contributed by atoms with Crippen molar-refractivity contribution >= 4 is 12.4 Å². The molecule has 0 heterocycles. The van der Waals surface area contributed by atoms with E-state index in [1.165, 1.54) is 12.1 Å². The lowest BCUT2D eigenvalue weighted by atomic mass is 9.97. The molecule has 1 aromatic rings. The molecule has 1 aromatic carbocycles. The molecule has 0 saturated heterocycles. The maximum absolute atomic E-state index is 12.6. The maximum Gasteiger partial charge on any atom is 0.416 e. The summed E-state index contributed by atoms with van der Waals surface area (Å²) in [6.07, 6.45) is -2.98. The minimum absolute atomic E-state index is 0. The van der Waals surface area contributed by atoms with Gasteiger partial charge in [-0.05, 0) is 18.1 Å². The van der Waals surface area contributed by atoms with Crippen LogP contribution in [0.25, 0.3) is 0 Å². The van der Waals surface area contributed by atoms with E-state index in [0.29, 0.717) is 6.42 Å². The Morgan fingerprint density at radius 1 is 1.25 bits per heavy atom. The fourth-order valence-electron chi connectivity index (χ4n) is 1.55. The fourth-order valence-corrected chi connectivity index (χ4v) is 1.55. The predicted octanol–water partition coefficient (Wildman–Crippen LogP) is 3.93. The van der Waals surface area contributed by atoms with Gasteiger partial charge in [0.15, 0.2) is 0 Å². The third-order valence-corrected chi connectivity index (χ3v) is 2.27. The number of alkyl halides is 3. The summed E-state index contributed by atoms with van der Waals surface area (Å²) in [5.41, 5.74) is 5.27. The molecular formula is C11H15ClF3N. The van der Waals surface area contributed by atoms with Crippen LogP contribution in [-0.4, -0.2) is 0 Å². The molecule has 1 nitrogen and oxygen atoms in total. The molecule has 2 N–H and O–H groups in total. The maximum atomic E-state index is 12.6. The quantitative estimate of drug-likeness (QED) is 0.868. The van der Waals surface area contributed by atoms with Crippen molar-refractivity contribution in [2.75, 3.05) is 0 Å². The van der Waals surface area contributed by atoms with E-state index in [-0.39, 0.29) is 18.0 Å². The lowest BCUT2D eigenvalue weighted by molar-refractivity contribution is -0.138. The van der Waals surface area contributed by atoms with Gasteiger partial charge in [-0.2, -0.15) is 13.2 Å². The molecule has 1 rings (SSSR count). The second-order valence-electron chi connectivity index (χ2n) is 3.48. The normalized spacial score (nSPS) is 13.1. The third-order valence-electron chi connectivity index (χ3n) is 2.27.